The molecule has 0 saturated heterocycles. The zero-order valence-corrected chi connectivity index (χ0v) is 11.5. The van der Waals surface area contributed by atoms with E-state index < -0.39 is 5.60 Å². The van der Waals surface area contributed by atoms with Gasteiger partial charge in [-0.3, -0.25) is 4.79 Å². The van der Waals surface area contributed by atoms with Crippen LogP contribution in [-0.4, -0.2) is 23.2 Å². The number of carbonyl (C=O) groups excluding carboxylic acids is 1. The van der Waals surface area contributed by atoms with Crippen molar-refractivity contribution < 1.29 is 9.90 Å². The van der Waals surface area contributed by atoms with Crippen molar-refractivity contribution in [2.45, 2.75) is 39.2 Å². The van der Waals surface area contributed by atoms with Gasteiger partial charge in [-0.25, -0.2) is 0 Å². The van der Waals surface area contributed by atoms with Gasteiger partial charge in [0.2, 0.25) is 5.91 Å². The quantitative estimate of drug-likeness (QED) is 0.818. The minimum absolute atomic E-state index is 0.00266. The molecule has 0 fully saturated rings. The molecule has 4 heteroatoms. The van der Waals surface area contributed by atoms with Crippen molar-refractivity contribution in [1.82, 2.24) is 5.32 Å². The van der Waals surface area contributed by atoms with Gasteiger partial charge in [-0.05, 0) is 41.7 Å². The summed E-state index contributed by atoms with van der Waals surface area (Å²) < 4.78 is 0. The Hall–Kier alpha value is -0.870. The van der Waals surface area contributed by atoms with Gasteiger partial charge in [-0.1, -0.05) is 13.8 Å². The molecule has 0 aliphatic rings. The predicted molar refractivity (Wildman–Crippen MR) is 71.1 cm³/mol. The molecule has 1 atom stereocenters. The molecular formula is C13H21NO2S. The maximum atomic E-state index is 11.6. The number of hydrogen-bond donors (Lipinski definition) is 2. The molecule has 2 N–H and O–H groups in total. The second-order valence-corrected chi connectivity index (χ2v) is 5.70. The van der Waals surface area contributed by atoms with E-state index in [9.17, 15) is 9.90 Å². The van der Waals surface area contributed by atoms with Crippen molar-refractivity contribution >= 4 is 17.2 Å². The van der Waals surface area contributed by atoms with Crippen LogP contribution >= 0.6 is 11.3 Å². The van der Waals surface area contributed by atoms with Crippen LogP contribution < -0.4 is 5.32 Å². The van der Waals surface area contributed by atoms with Crippen molar-refractivity contribution in [2.24, 2.45) is 5.92 Å². The van der Waals surface area contributed by atoms with E-state index in [0.717, 1.165) is 6.42 Å². The average molecular weight is 255 g/mol. The second-order valence-electron chi connectivity index (χ2n) is 4.92. The molecule has 0 bridgehead atoms. The molecule has 1 amide bonds. The third-order valence-electron chi connectivity index (χ3n) is 3.11. The highest BCUT2D eigenvalue weighted by Crippen LogP contribution is 2.14. The Balaban J connectivity index is 2.26. The van der Waals surface area contributed by atoms with E-state index in [1.54, 1.807) is 18.3 Å². The van der Waals surface area contributed by atoms with Gasteiger partial charge in [-0.15, -0.1) is 0 Å². The van der Waals surface area contributed by atoms with E-state index in [1.165, 1.54) is 5.56 Å². The highest BCUT2D eigenvalue weighted by Gasteiger charge is 2.25. The lowest BCUT2D eigenvalue weighted by atomic mass is 9.92. The fourth-order valence-corrected chi connectivity index (χ4v) is 1.97. The standard InChI is InChI=1S/C13H21NO2S/c1-10(2)13(3,16)9-14-12(15)5-4-11-6-7-17-8-11/h6-8,10,16H,4-5,9H2,1-3H3,(H,14,15). The topological polar surface area (TPSA) is 49.3 Å². The van der Waals surface area contributed by atoms with E-state index >= 15 is 0 Å². The number of hydrogen-bond acceptors (Lipinski definition) is 3. The maximum Gasteiger partial charge on any atom is 0.220 e. The van der Waals surface area contributed by atoms with Crippen molar-refractivity contribution in [3.05, 3.63) is 22.4 Å². The van der Waals surface area contributed by atoms with Crippen LogP contribution in [0.5, 0.6) is 0 Å². The fourth-order valence-electron chi connectivity index (χ4n) is 1.26. The van der Waals surface area contributed by atoms with E-state index in [1.807, 2.05) is 25.3 Å². The van der Waals surface area contributed by atoms with Crippen LogP contribution in [0.3, 0.4) is 0 Å². The minimum Gasteiger partial charge on any atom is -0.388 e. The predicted octanol–water partition coefficient (Wildman–Crippen LogP) is 2.20. The highest BCUT2D eigenvalue weighted by atomic mass is 32.1. The van der Waals surface area contributed by atoms with Crippen LogP contribution in [0.1, 0.15) is 32.8 Å². The Morgan fingerprint density at radius 2 is 2.29 bits per heavy atom. The number of rotatable bonds is 6. The summed E-state index contributed by atoms with van der Waals surface area (Å²) in [6.45, 7) is 5.94. The molecule has 0 aliphatic carbocycles. The van der Waals surface area contributed by atoms with Gasteiger partial charge in [0.15, 0.2) is 0 Å². The first-order valence-electron chi connectivity index (χ1n) is 5.92. The molecule has 0 radical (unpaired) electrons. The number of aryl methyl sites for hydroxylation is 1. The average Bonchev–Trinajstić information content (AvgIpc) is 2.76. The molecular weight excluding hydrogens is 234 g/mol. The molecule has 17 heavy (non-hydrogen) atoms. The summed E-state index contributed by atoms with van der Waals surface area (Å²) >= 11 is 1.64. The Bertz CT molecular complexity index is 344. The van der Waals surface area contributed by atoms with Gasteiger partial charge in [0.05, 0.1) is 5.60 Å². The molecule has 96 valence electrons. The lowest BCUT2D eigenvalue weighted by molar-refractivity contribution is -0.122. The summed E-state index contributed by atoms with van der Waals surface area (Å²) in [6, 6.07) is 2.03. The van der Waals surface area contributed by atoms with Gasteiger partial charge in [-0.2, -0.15) is 11.3 Å². The summed E-state index contributed by atoms with van der Waals surface area (Å²) in [5.41, 5.74) is 0.360. The molecule has 1 aromatic rings. The lowest BCUT2D eigenvalue weighted by Crippen LogP contribution is -2.44. The van der Waals surface area contributed by atoms with Gasteiger partial charge in [0, 0.05) is 13.0 Å². The monoisotopic (exact) mass is 255 g/mol. The Morgan fingerprint density at radius 1 is 1.59 bits per heavy atom. The lowest BCUT2D eigenvalue weighted by Gasteiger charge is -2.27. The van der Waals surface area contributed by atoms with Gasteiger partial charge < -0.3 is 10.4 Å². The summed E-state index contributed by atoms with van der Waals surface area (Å²) in [5, 5.41) is 16.8. The molecule has 1 unspecified atom stereocenters. The molecule has 0 aliphatic heterocycles. The molecule has 3 nitrogen and oxygen atoms in total. The summed E-state index contributed by atoms with van der Waals surface area (Å²) in [4.78, 5) is 11.6. The fraction of sp³-hybridized carbons (Fsp3) is 0.615. The van der Waals surface area contributed by atoms with Crippen LogP contribution in [0.25, 0.3) is 0 Å². The van der Waals surface area contributed by atoms with E-state index in [0.29, 0.717) is 13.0 Å². The smallest absolute Gasteiger partial charge is 0.220 e. The first-order chi connectivity index (χ1) is 7.92. The molecule has 0 saturated carbocycles. The zero-order chi connectivity index (χ0) is 12.9. The number of carbonyl (C=O) groups is 1. The number of nitrogens with one attached hydrogen (secondary N) is 1. The molecule has 1 heterocycles. The number of aliphatic hydroxyl groups is 1. The van der Waals surface area contributed by atoms with Crippen LogP contribution in [0.2, 0.25) is 0 Å². The van der Waals surface area contributed by atoms with Crippen molar-refractivity contribution in [2.75, 3.05) is 6.54 Å². The molecule has 0 aromatic carbocycles. The molecule has 1 aromatic heterocycles. The largest absolute Gasteiger partial charge is 0.388 e. The third kappa shape index (κ3) is 4.88. The zero-order valence-electron chi connectivity index (χ0n) is 10.7. The van der Waals surface area contributed by atoms with Crippen LogP contribution in [0.15, 0.2) is 16.8 Å². The summed E-state index contributed by atoms with van der Waals surface area (Å²) in [7, 11) is 0. The first kappa shape index (κ1) is 14.2. The Kier molecular flexibility index (Phi) is 5.15. The van der Waals surface area contributed by atoms with Gasteiger partial charge in [0.25, 0.3) is 0 Å². The van der Waals surface area contributed by atoms with Crippen LogP contribution in [-0.2, 0) is 11.2 Å². The van der Waals surface area contributed by atoms with Crippen LogP contribution in [0.4, 0.5) is 0 Å². The van der Waals surface area contributed by atoms with Gasteiger partial charge in [0.1, 0.15) is 0 Å². The van der Waals surface area contributed by atoms with E-state index in [-0.39, 0.29) is 11.8 Å². The van der Waals surface area contributed by atoms with Crippen LogP contribution in [0, 0.1) is 5.92 Å². The van der Waals surface area contributed by atoms with Crippen molar-refractivity contribution in [3.63, 3.8) is 0 Å². The summed E-state index contributed by atoms with van der Waals surface area (Å²) in [5.74, 6) is 0.122. The second kappa shape index (κ2) is 6.17. The number of amides is 1. The normalized spacial score (nSPS) is 14.6. The van der Waals surface area contributed by atoms with E-state index in [2.05, 4.69) is 10.7 Å². The minimum atomic E-state index is -0.835. The Morgan fingerprint density at radius 3 is 2.82 bits per heavy atom. The molecule has 0 spiro atoms. The third-order valence-corrected chi connectivity index (χ3v) is 3.84. The van der Waals surface area contributed by atoms with Gasteiger partial charge >= 0.3 is 0 Å². The first-order valence-corrected chi connectivity index (χ1v) is 6.86. The summed E-state index contributed by atoms with van der Waals surface area (Å²) in [6.07, 6.45) is 1.24. The maximum absolute atomic E-state index is 11.6. The van der Waals surface area contributed by atoms with E-state index in [4.69, 9.17) is 0 Å². The SMILES string of the molecule is CC(C)C(C)(O)CNC(=O)CCc1ccsc1. The Labute approximate surface area is 107 Å². The number of thiophene rings is 1. The highest BCUT2D eigenvalue weighted by molar-refractivity contribution is 7.07. The van der Waals surface area contributed by atoms with Crippen molar-refractivity contribution in [1.29, 1.82) is 0 Å². The molecule has 1 rings (SSSR count). The van der Waals surface area contributed by atoms with Crippen molar-refractivity contribution in [3.8, 4) is 0 Å².